The SMILES string of the molecule is [B]C([B])(O)N(CCN(C)c1cc(OC)c(Nc2nccc(-c3cn(C)c4ccccc34)n2)cc1NC(=O)C=C)C(O)(O)O. The van der Waals surface area contributed by atoms with E-state index in [1.54, 1.807) is 30.3 Å². The van der Waals surface area contributed by atoms with Crippen molar-refractivity contribution in [3.05, 3.63) is 67.5 Å². The van der Waals surface area contributed by atoms with Crippen LogP contribution in [-0.2, 0) is 11.8 Å². The molecule has 13 nitrogen and oxygen atoms in total. The highest BCUT2D eigenvalue weighted by molar-refractivity contribution is 6.38. The minimum absolute atomic E-state index is 0.0663. The van der Waals surface area contributed by atoms with E-state index in [1.165, 1.54) is 7.11 Å². The third kappa shape index (κ3) is 7.16. The average molecular weight is 583 g/mol. The number of nitrogens with zero attached hydrogens (tertiary/aromatic N) is 5. The highest BCUT2D eigenvalue weighted by Crippen LogP contribution is 2.38. The highest BCUT2D eigenvalue weighted by atomic mass is 16.7. The number of aliphatic hydroxyl groups is 4. The van der Waals surface area contributed by atoms with Crippen LogP contribution in [0.4, 0.5) is 23.0 Å². The second-order valence-electron chi connectivity index (χ2n) is 9.78. The molecule has 0 saturated carbocycles. The Balaban J connectivity index is 1.68. The molecule has 1 amide bonds. The number of hydrogen-bond acceptors (Lipinski definition) is 11. The zero-order valence-corrected chi connectivity index (χ0v) is 23.9. The minimum atomic E-state index is -3.51. The van der Waals surface area contributed by atoms with E-state index >= 15 is 0 Å². The Morgan fingerprint density at radius 2 is 1.86 bits per heavy atom. The maximum Gasteiger partial charge on any atom is 0.346 e. The predicted molar refractivity (Wildman–Crippen MR) is 165 cm³/mol. The van der Waals surface area contributed by atoms with Crippen molar-refractivity contribution in [1.29, 1.82) is 0 Å². The Hall–Kier alpha value is -4.40. The van der Waals surface area contributed by atoms with Gasteiger partial charge in [-0.3, -0.25) is 4.79 Å². The lowest BCUT2D eigenvalue weighted by atomic mass is 9.72. The molecule has 6 N–H and O–H groups in total. The second kappa shape index (κ2) is 12.5. The normalized spacial score (nSPS) is 11.9. The molecule has 0 atom stereocenters. The number of ether oxygens (including phenoxy) is 1. The van der Waals surface area contributed by atoms with Crippen LogP contribution in [0.1, 0.15) is 0 Å². The highest BCUT2D eigenvalue weighted by Gasteiger charge is 2.38. The monoisotopic (exact) mass is 583 g/mol. The molecule has 2 heterocycles. The summed E-state index contributed by atoms with van der Waals surface area (Å²) in [5.74, 6) is 0.126. The van der Waals surface area contributed by atoms with Gasteiger partial charge in [-0.05, 0) is 24.3 Å². The second-order valence-corrected chi connectivity index (χ2v) is 9.78. The standard InChI is InChI=1S/C28H31B2N7O6/c1-5-25(38)32-20-14-21(24(43-4)15-23(20)35(2)12-13-37(27(29,30)39)28(40,41)42)34-26-31-11-10-19(33-26)18-16-36(3)22-9-7-6-8-17(18)22/h5-11,14-16,39-42H,1,12-13H2,2-4H3,(H,32,38)(H,31,33,34). The zero-order chi connectivity index (χ0) is 31.5. The number of benzene rings is 2. The fraction of sp³-hybridized carbons (Fsp3) is 0.250. The van der Waals surface area contributed by atoms with E-state index in [4.69, 9.17) is 25.4 Å². The number of rotatable bonds is 12. The van der Waals surface area contributed by atoms with Gasteiger partial charge in [0.05, 0.1) is 29.9 Å². The Labute approximate surface area is 250 Å². The molecule has 4 aromatic rings. The van der Waals surface area contributed by atoms with Crippen LogP contribution in [0, 0.1) is 0 Å². The van der Waals surface area contributed by atoms with E-state index in [-0.39, 0.29) is 17.4 Å². The van der Waals surface area contributed by atoms with Crippen molar-refractivity contribution in [3.63, 3.8) is 0 Å². The first kappa shape index (κ1) is 31.5. The number of para-hydroxylation sites is 1. The number of carbonyl (C=O) groups excluding carboxylic acids is 1. The van der Waals surface area contributed by atoms with Crippen LogP contribution < -0.4 is 20.3 Å². The lowest BCUT2D eigenvalue weighted by Crippen LogP contribution is -2.63. The van der Waals surface area contributed by atoms with Crippen LogP contribution in [0.3, 0.4) is 0 Å². The molecular formula is C28H31B2N7O6. The summed E-state index contributed by atoms with van der Waals surface area (Å²) >= 11 is 0. The van der Waals surface area contributed by atoms with Crippen LogP contribution in [0.25, 0.3) is 22.2 Å². The maximum atomic E-state index is 12.3. The van der Waals surface area contributed by atoms with Gasteiger partial charge in [-0.2, -0.15) is 0 Å². The number of likely N-dealkylation sites (N-methyl/N-ethyl adjacent to an activating group) is 1. The number of amides is 1. The summed E-state index contributed by atoms with van der Waals surface area (Å²) in [5.41, 5.74) is 1.08. The van der Waals surface area contributed by atoms with Crippen molar-refractivity contribution in [1.82, 2.24) is 19.4 Å². The summed E-state index contributed by atoms with van der Waals surface area (Å²) in [6, 6.07) is 13.0. The molecule has 43 heavy (non-hydrogen) atoms. The van der Waals surface area contributed by atoms with Gasteiger partial charge in [-0.1, -0.05) is 24.8 Å². The number of methoxy groups -OCH3 is 1. The van der Waals surface area contributed by atoms with Crippen LogP contribution in [-0.4, -0.2) is 100 Å². The molecule has 2 aromatic carbocycles. The van der Waals surface area contributed by atoms with E-state index in [0.717, 1.165) is 22.5 Å². The van der Waals surface area contributed by atoms with Crippen molar-refractivity contribution in [2.24, 2.45) is 7.05 Å². The summed E-state index contributed by atoms with van der Waals surface area (Å²) in [6.07, 6.45) is 1.22. The van der Waals surface area contributed by atoms with Gasteiger partial charge in [0.25, 0.3) is 0 Å². The maximum absolute atomic E-state index is 12.3. The predicted octanol–water partition coefficient (Wildman–Crippen LogP) is 0.779. The number of aryl methyl sites for hydroxylation is 1. The van der Waals surface area contributed by atoms with Crippen molar-refractivity contribution >= 4 is 55.5 Å². The fourth-order valence-electron chi connectivity index (χ4n) is 4.61. The van der Waals surface area contributed by atoms with Crippen molar-refractivity contribution in [2.45, 2.75) is 11.6 Å². The molecule has 0 aliphatic carbocycles. The number of anilines is 4. The molecule has 4 radical (unpaired) electrons. The van der Waals surface area contributed by atoms with Gasteiger partial charge >= 0.3 is 6.10 Å². The van der Waals surface area contributed by atoms with Gasteiger partial charge in [0.15, 0.2) is 0 Å². The van der Waals surface area contributed by atoms with Crippen LogP contribution >= 0.6 is 0 Å². The third-order valence-electron chi connectivity index (χ3n) is 6.70. The molecule has 220 valence electrons. The molecule has 2 aromatic heterocycles. The van der Waals surface area contributed by atoms with Crippen molar-refractivity contribution in [2.75, 3.05) is 42.8 Å². The van der Waals surface area contributed by atoms with Crippen molar-refractivity contribution < 1.29 is 30.0 Å². The molecule has 15 heteroatoms. The number of nitrogens with one attached hydrogen (secondary N) is 2. The van der Waals surface area contributed by atoms with E-state index < -0.39 is 24.1 Å². The van der Waals surface area contributed by atoms with Crippen LogP contribution in [0.15, 0.2) is 67.5 Å². The molecule has 0 aliphatic rings. The summed E-state index contributed by atoms with van der Waals surface area (Å²) in [6.45, 7) is 3.01. The molecule has 4 rings (SSSR count). The van der Waals surface area contributed by atoms with Gasteiger partial charge in [-0.15, -0.1) is 0 Å². The quantitative estimate of drug-likeness (QED) is 0.0793. The van der Waals surface area contributed by atoms with Gasteiger partial charge in [0.2, 0.25) is 11.9 Å². The smallest absolute Gasteiger partial charge is 0.346 e. The number of fused-ring (bicyclic) bond motifs is 1. The summed E-state index contributed by atoms with van der Waals surface area (Å²) in [7, 11) is 15.8. The molecule has 0 fully saturated rings. The zero-order valence-electron chi connectivity index (χ0n) is 23.9. The first-order chi connectivity index (χ1) is 20.2. The Morgan fingerprint density at radius 1 is 1.14 bits per heavy atom. The summed E-state index contributed by atoms with van der Waals surface area (Å²) in [4.78, 5) is 23.2. The van der Waals surface area contributed by atoms with E-state index in [9.17, 15) is 25.2 Å². The first-order valence-corrected chi connectivity index (χ1v) is 13.0. The molecular weight excluding hydrogens is 552 g/mol. The van der Waals surface area contributed by atoms with Crippen LogP contribution in [0.2, 0.25) is 0 Å². The minimum Gasteiger partial charge on any atom is -0.494 e. The molecule has 0 bridgehead atoms. The van der Waals surface area contributed by atoms with Gasteiger partial charge in [0.1, 0.15) is 21.4 Å². The Morgan fingerprint density at radius 3 is 2.51 bits per heavy atom. The van der Waals surface area contributed by atoms with Gasteiger partial charge in [-0.25, -0.2) is 14.9 Å². The summed E-state index contributed by atoms with van der Waals surface area (Å²) in [5, 5.41) is 45.6. The molecule has 0 spiro atoms. The Bertz CT molecular complexity index is 1620. The Kier molecular flexibility index (Phi) is 9.13. The van der Waals surface area contributed by atoms with Gasteiger partial charge in [0, 0.05) is 67.6 Å². The van der Waals surface area contributed by atoms with E-state index in [2.05, 4.69) is 22.2 Å². The molecule has 0 aliphatic heterocycles. The molecule has 0 unspecified atom stereocenters. The largest absolute Gasteiger partial charge is 0.494 e. The number of aromatic nitrogens is 3. The fourth-order valence-corrected chi connectivity index (χ4v) is 4.61. The first-order valence-electron chi connectivity index (χ1n) is 13.0. The molecule has 0 saturated heterocycles. The topological polar surface area (TPSA) is 168 Å². The van der Waals surface area contributed by atoms with Crippen molar-refractivity contribution in [3.8, 4) is 17.0 Å². The average Bonchev–Trinajstić information content (AvgIpc) is 3.28. The number of hydrogen-bond donors (Lipinski definition) is 6. The third-order valence-corrected chi connectivity index (χ3v) is 6.70. The lowest BCUT2D eigenvalue weighted by molar-refractivity contribution is -0.410. The van der Waals surface area contributed by atoms with E-state index in [1.807, 2.05) is 48.1 Å². The van der Waals surface area contributed by atoms with E-state index in [0.29, 0.717) is 28.5 Å². The van der Waals surface area contributed by atoms with Crippen LogP contribution in [0.5, 0.6) is 5.75 Å². The number of carbonyl (C=O) groups is 1. The van der Waals surface area contributed by atoms with Gasteiger partial charge < -0.3 is 45.3 Å². The lowest BCUT2D eigenvalue weighted by Gasteiger charge is -2.41. The summed E-state index contributed by atoms with van der Waals surface area (Å²) < 4.78 is 7.64.